The van der Waals surface area contributed by atoms with Crippen LogP contribution in [0.1, 0.15) is 67.8 Å². The molecule has 1 N–H and O–H groups in total. The Balaban J connectivity index is 1.56. The fraction of sp³-hybridized carbons (Fsp3) is 0.550. The third kappa shape index (κ3) is 3.60. The number of urea groups is 1. The number of benzene rings is 1. The predicted octanol–water partition coefficient (Wildman–Crippen LogP) is 3.47. The summed E-state index contributed by atoms with van der Waals surface area (Å²) in [5.41, 5.74) is 1.04. The number of unbranched alkanes of at least 4 members (excludes halogenated alkanes) is 3. The van der Waals surface area contributed by atoms with Gasteiger partial charge in [-0.2, -0.15) is 0 Å². The van der Waals surface area contributed by atoms with Gasteiger partial charge in [0.25, 0.3) is 5.91 Å². The van der Waals surface area contributed by atoms with Crippen LogP contribution in [0.15, 0.2) is 24.3 Å². The Kier molecular flexibility index (Phi) is 5.21. The highest BCUT2D eigenvalue weighted by Gasteiger charge is 2.54. The van der Waals surface area contributed by atoms with Gasteiger partial charge in [-0.3, -0.25) is 14.5 Å². The molecule has 0 aromatic heterocycles. The number of carbonyl (C=O) groups excluding carboxylic acids is 3. The van der Waals surface area contributed by atoms with Gasteiger partial charge in [0.15, 0.2) is 5.78 Å². The highest BCUT2D eigenvalue weighted by atomic mass is 16.2. The van der Waals surface area contributed by atoms with Crippen molar-refractivity contribution in [1.82, 2.24) is 10.2 Å². The second-order valence-electron chi connectivity index (χ2n) is 7.19. The topological polar surface area (TPSA) is 66.5 Å². The third-order valence-electron chi connectivity index (χ3n) is 5.35. The number of rotatable bonds is 8. The first kappa shape index (κ1) is 17.6. The van der Waals surface area contributed by atoms with Crippen molar-refractivity contribution in [1.29, 1.82) is 0 Å². The van der Waals surface area contributed by atoms with E-state index >= 15 is 0 Å². The maximum absolute atomic E-state index is 12.4. The molecule has 1 saturated heterocycles. The van der Waals surface area contributed by atoms with Crippen LogP contribution in [-0.2, 0) is 11.2 Å². The fourth-order valence-corrected chi connectivity index (χ4v) is 3.54. The van der Waals surface area contributed by atoms with Gasteiger partial charge in [0, 0.05) is 5.56 Å². The first-order valence-corrected chi connectivity index (χ1v) is 9.32. The first-order chi connectivity index (χ1) is 12.1. The van der Waals surface area contributed by atoms with Gasteiger partial charge in [-0.25, -0.2) is 4.79 Å². The van der Waals surface area contributed by atoms with E-state index in [1.807, 2.05) is 12.1 Å². The van der Waals surface area contributed by atoms with Crippen LogP contribution in [0.4, 0.5) is 4.79 Å². The van der Waals surface area contributed by atoms with E-state index in [2.05, 4.69) is 12.2 Å². The molecule has 1 heterocycles. The van der Waals surface area contributed by atoms with E-state index in [1.165, 1.54) is 24.8 Å². The lowest BCUT2D eigenvalue weighted by Crippen LogP contribution is -2.52. The molecule has 1 aromatic rings. The summed E-state index contributed by atoms with van der Waals surface area (Å²) in [7, 11) is 0. The summed E-state index contributed by atoms with van der Waals surface area (Å²) >= 11 is 0. The molecule has 0 unspecified atom stereocenters. The average molecular weight is 342 g/mol. The van der Waals surface area contributed by atoms with Crippen LogP contribution in [0.5, 0.6) is 0 Å². The molecular formula is C20H26N2O3. The summed E-state index contributed by atoms with van der Waals surface area (Å²) in [6.07, 6.45) is 8.17. The number of carbonyl (C=O) groups is 3. The van der Waals surface area contributed by atoms with Gasteiger partial charge in [0.1, 0.15) is 5.54 Å². The Morgan fingerprint density at radius 3 is 2.40 bits per heavy atom. The molecule has 0 radical (unpaired) electrons. The quantitative estimate of drug-likeness (QED) is 0.447. The van der Waals surface area contributed by atoms with E-state index < -0.39 is 11.6 Å². The summed E-state index contributed by atoms with van der Waals surface area (Å²) in [6.45, 7) is 2.01. The molecule has 1 aliphatic heterocycles. The van der Waals surface area contributed by atoms with Gasteiger partial charge in [-0.05, 0) is 37.7 Å². The van der Waals surface area contributed by atoms with Crippen molar-refractivity contribution < 1.29 is 14.4 Å². The molecule has 25 heavy (non-hydrogen) atoms. The normalized spacial score (nSPS) is 18.4. The molecule has 2 aliphatic rings. The van der Waals surface area contributed by atoms with Crippen LogP contribution in [0.25, 0.3) is 0 Å². The average Bonchev–Trinajstić information content (AvgIpc) is 2.84. The molecule has 134 valence electrons. The lowest BCUT2D eigenvalue weighted by molar-refractivity contribution is -0.133. The number of aryl methyl sites for hydroxylation is 1. The largest absolute Gasteiger partial charge is 0.325 e. The van der Waals surface area contributed by atoms with Crippen LogP contribution in [-0.4, -0.2) is 34.7 Å². The SMILES string of the molecule is CCCCCCc1ccc(C(=O)CN2C(=O)NC3(CCC3)C2=O)cc1. The molecule has 5 nitrogen and oxygen atoms in total. The Bertz CT molecular complexity index is 662. The first-order valence-electron chi connectivity index (χ1n) is 9.32. The maximum Gasteiger partial charge on any atom is 0.325 e. The van der Waals surface area contributed by atoms with Crippen molar-refractivity contribution in [2.75, 3.05) is 6.54 Å². The standard InChI is InChI=1S/C20H26N2O3/c1-2-3-4-5-7-15-8-10-16(11-9-15)17(23)14-22-18(24)20(12-6-13-20)21-19(22)25/h8-11H,2-7,12-14H2,1H3,(H,21,25). The van der Waals surface area contributed by atoms with Gasteiger partial charge >= 0.3 is 6.03 Å². The van der Waals surface area contributed by atoms with Gasteiger partial charge in [-0.15, -0.1) is 0 Å². The molecule has 0 bridgehead atoms. The van der Waals surface area contributed by atoms with E-state index in [1.54, 1.807) is 12.1 Å². The lowest BCUT2D eigenvalue weighted by Gasteiger charge is -2.34. The Hall–Kier alpha value is -2.17. The molecule has 3 amide bonds. The third-order valence-corrected chi connectivity index (χ3v) is 5.35. The molecule has 1 spiro atoms. The Labute approximate surface area is 148 Å². The zero-order chi connectivity index (χ0) is 17.9. The van der Waals surface area contributed by atoms with Crippen LogP contribution < -0.4 is 5.32 Å². The van der Waals surface area contributed by atoms with Gasteiger partial charge in [-0.1, -0.05) is 50.5 Å². The molecule has 1 saturated carbocycles. The van der Waals surface area contributed by atoms with E-state index in [-0.39, 0.29) is 18.2 Å². The summed E-state index contributed by atoms with van der Waals surface area (Å²) in [6, 6.07) is 7.10. The van der Waals surface area contributed by atoms with Crippen LogP contribution >= 0.6 is 0 Å². The van der Waals surface area contributed by atoms with Gasteiger partial charge in [0.2, 0.25) is 0 Å². The summed E-state index contributed by atoms with van der Waals surface area (Å²) in [5, 5.41) is 2.75. The summed E-state index contributed by atoms with van der Waals surface area (Å²) in [4.78, 5) is 37.9. The highest BCUT2D eigenvalue weighted by Crippen LogP contribution is 2.37. The molecule has 0 atom stereocenters. The molecular weight excluding hydrogens is 316 g/mol. The van der Waals surface area contributed by atoms with Crippen molar-refractivity contribution in [2.45, 2.75) is 63.8 Å². The van der Waals surface area contributed by atoms with E-state index in [0.29, 0.717) is 18.4 Å². The van der Waals surface area contributed by atoms with Crippen molar-refractivity contribution in [3.63, 3.8) is 0 Å². The van der Waals surface area contributed by atoms with E-state index in [9.17, 15) is 14.4 Å². The smallest absolute Gasteiger partial charge is 0.323 e. The van der Waals surface area contributed by atoms with E-state index in [4.69, 9.17) is 0 Å². The number of nitrogens with zero attached hydrogens (tertiary/aromatic N) is 1. The molecule has 1 aliphatic carbocycles. The number of nitrogens with one attached hydrogen (secondary N) is 1. The predicted molar refractivity (Wildman–Crippen MR) is 95.4 cm³/mol. The zero-order valence-corrected chi connectivity index (χ0v) is 14.8. The maximum atomic E-state index is 12.4. The molecule has 2 fully saturated rings. The molecule has 3 rings (SSSR count). The lowest BCUT2D eigenvalue weighted by atomic mass is 9.77. The number of amides is 3. The van der Waals surface area contributed by atoms with Gasteiger partial charge in [0.05, 0.1) is 6.54 Å². The number of hydrogen-bond donors (Lipinski definition) is 1. The second-order valence-corrected chi connectivity index (χ2v) is 7.19. The van der Waals surface area contributed by atoms with Crippen molar-refractivity contribution in [3.8, 4) is 0 Å². The molecule has 1 aromatic carbocycles. The highest BCUT2D eigenvalue weighted by molar-refractivity contribution is 6.11. The molecule has 5 heteroatoms. The minimum Gasteiger partial charge on any atom is -0.323 e. The zero-order valence-electron chi connectivity index (χ0n) is 14.8. The van der Waals surface area contributed by atoms with Crippen LogP contribution in [0, 0.1) is 0 Å². The van der Waals surface area contributed by atoms with Crippen LogP contribution in [0.2, 0.25) is 0 Å². The Morgan fingerprint density at radius 1 is 1.12 bits per heavy atom. The summed E-state index contributed by atoms with van der Waals surface area (Å²) in [5.74, 6) is -0.443. The monoisotopic (exact) mass is 342 g/mol. The fourth-order valence-electron chi connectivity index (χ4n) is 3.54. The van der Waals surface area contributed by atoms with Crippen LogP contribution in [0.3, 0.4) is 0 Å². The van der Waals surface area contributed by atoms with E-state index in [0.717, 1.165) is 24.2 Å². The summed E-state index contributed by atoms with van der Waals surface area (Å²) < 4.78 is 0. The second kappa shape index (κ2) is 7.38. The van der Waals surface area contributed by atoms with Crippen molar-refractivity contribution in [2.24, 2.45) is 0 Å². The number of Topliss-reactive ketones (excluding diaryl/α,β-unsaturated/α-hetero) is 1. The van der Waals surface area contributed by atoms with Gasteiger partial charge < -0.3 is 5.32 Å². The minimum absolute atomic E-state index is 0.178. The van der Waals surface area contributed by atoms with Crippen molar-refractivity contribution in [3.05, 3.63) is 35.4 Å². The van der Waals surface area contributed by atoms with Crippen molar-refractivity contribution >= 4 is 17.7 Å². The number of hydrogen-bond acceptors (Lipinski definition) is 3. The number of imide groups is 1. The number of ketones is 1. The Morgan fingerprint density at radius 2 is 1.84 bits per heavy atom. The minimum atomic E-state index is -0.723.